The molecule has 3 amide bonds. The van der Waals surface area contributed by atoms with Gasteiger partial charge in [0.05, 0.1) is 35.8 Å². The number of hydrogen-bond donors (Lipinski definition) is 1. The van der Waals surface area contributed by atoms with Crippen LogP contribution in [0.4, 0.5) is 20.6 Å². The van der Waals surface area contributed by atoms with Gasteiger partial charge < -0.3 is 24.3 Å². The molecule has 0 radical (unpaired) electrons. The molecule has 1 aliphatic carbocycles. The first-order chi connectivity index (χ1) is 15.9. The van der Waals surface area contributed by atoms with Gasteiger partial charge in [0.1, 0.15) is 12.1 Å². The third-order valence-corrected chi connectivity index (χ3v) is 6.40. The van der Waals surface area contributed by atoms with Gasteiger partial charge in [-0.1, -0.05) is 6.58 Å². The van der Waals surface area contributed by atoms with Crippen molar-refractivity contribution in [3.05, 3.63) is 60.8 Å². The number of halogens is 1. The fraction of sp³-hybridized carbons (Fsp3) is 0.348. The first kappa shape index (κ1) is 21.0. The highest BCUT2D eigenvalue weighted by atomic mass is 19.1. The van der Waals surface area contributed by atoms with Crippen LogP contribution in [0.15, 0.2) is 53.9 Å². The zero-order chi connectivity index (χ0) is 23.2. The number of benzene rings is 1. The van der Waals surface area contributed by atoms with Crippen molar-refractivity contribution in [3.8, 4) is 0 Å². The van der Waals surface area contributed by atoms with E-state index in [1.165, 1.54) is 29.6 Å². The third-order valence-electron chi connectivity index (χ3n) is 6.40. The topological polar surface area (TPSA) is 95.3 Å². The van der Waals surface area contributed by atoms with E-state index in [2.05, 4.69) is 11.9 Å². The maximum absolute atomic E-state index is 15.0. The Hall–Kier alpha value is -3.82. The lowest BCUT2D eigenvalue weighted by Crippen LogP contribution is -2.48. The van der Waals surface area contributed by atoms with Crippen molar-refractivity contribution in [2.45, 2.75) is 18.1 Å². The number of nitrogens with zero attached hydrogens (tertiary/aromatic N) is 3. The molecule has 0 bridgehead atoms. The predicted octanol–water partition coefficient (Wildman–Crippen LogP) is 2.15. The summed E-state index contributed by atoms with van der Waals surface area (Å²) in [6, 6.07) is 5.88. The van der Waals surface area contributed by atoms with Crippen LogP contribution >= 0.6 is 0 Å². The van der Waals surface area contributed by atoms with Crippen molar-refractivity contribution in [3.63, 3.8) is 0 Å². The monoisotopic (exact) mass is 454 g/mol. The van der Waals surface area contributed by atoms with E-state index >= 15 is 0 Å². The molecule has 3 aliphatic rings. The number of carbonyl (C=O) groups excluding carboxylic acids is 3. The summed E-state index contributed by atoms with van der Waals surface area (Å²) in [4.78, 5) is 41.4. The number of carbonyl (C=O) groups is 3. The van der Waals surface area contributed by atoms with Gasteiger partial charge in [-0.25, -0.2) is 9.18 Å². The molecule has 1 unspecified atom stereocenters. The maximum Gasteiger partial charge on any atom is 0.415 e. The van der Waals surface area contributed by atoms with Crippen LogP contribution in [0.2, 0.25) is 0 Å². The summed E-state index contributed by atoms with van der Waals surface area (Å²) in [5.41, 5.74) is 0.402. The lowest BCUT2D eigenvalue weighted by atomic mass is 10.2. The maximum atomic E-state index is 15.0. The number of anilines is 2. The summed E-state index contributed by atoms with van der Waals surface area (Å²) >= 11 is 0. The summed E-state index contributed by atoms with van der Waals surface area (Å²) in [6.45, 7) is 5.70. The molecule has 10 heteroatoms. The summed E-state index contributed by atoms with van der Waals surface area (Å²) in [6.07, 6.45) is 3.96. The SMILES string of the molecule is C=CC(=O)N1CCN(c2ccc(N3CC4(C[C@@H]4NC(=O)c4ccoc4)OC3=O)cc2F)CC1. The second-order valence-electron chi connectivity index (χ2n) is 8.41. The zero-order valence-corrected chi connectivity index (χ0v) is 17.8. The number of hydrogen-bond acceptors (Lipinski definition) is 6. The first-order valence-electron chi connectivity index (χ1n) is 10.7. The Morgan fingerprint density at radius 3 is 2.67 bits per heavy atom. The Bertz CT molecular complexity index is 1110. The molecule has 2 atom stereocenters. The van der Waals surface area contributed by atoms with Gasteiger partial charge in [-0.2, -0.15) is 0 Å². The molecule has 9 nitrogen and oxygen atoms in total. The van der Waals surface area contributed by atoms with Gasteiger partial charge in [0.15, 0.2) is 5.60 Å². The van der Waals surface area contributed by atoms with Crippen molar-refractivity contribution in [1.29, 1.82) is 0 Å². The van der Waals surface area contributed by atoms with Crippen molar-refractivity contribution in [2.24, 2.45) is 0 Å². The molecule has 2 saturated heterocycles. The molecular weight excluding hydrogens is 431 g/mol. The number of furan rings is 1. The van der Waals surface area contributed by atoms with Crippen LogP contribution in [0.5, 0.6) is 0 Å². The first-order valence-corrected chi connectivity index (χ1v) is 10.7. The van der Waals surface area contributed by atoms with Crippen LogP contribution in [-0.4, -0.2) is 67.2 Å². The van der Waals surface area contributed by atoms with Gasteiger partial charge >= 0.3 is 6.09 Å². The second kappa shape index (κ2) is 7.95. The number of piperazine rings is 1. The highest BCUT2D eigenvalue weighted by Gasteiger charge is 2.64. The molecule has 2 aromatic rings. The van der Waals surface area contributed by atoms with Crippen LogP contribution in [0, 0.1) is 5.82 Å². The summed E-state index contributed by atoms with van der Waals surface area (Å²) < 4.78 is 25.4. The molecule has 3 fully saturated rings. The Kier molecular flexibility index (Phi) is 5.07. The quantitative estimate of drug-likeness (QED) is 0.696. The van der Waals surface area contributed by atoms with Crippen molar-refractivity contribution in [2.75, 3.05) is 42.5 Å². The van der Waals surface area contributed by atoms with Gasteiger partial charge in [0.25, 0.3) is 5.91 Å². The van der Waals surface area contributed by atoms with E-state index in [4.69, 9.17) is 9.15 Å². The predicted molar refractivity (Wildman–Crippen MR) is 117 cm³/mol. The van der Waals surface area contributed by atoms with Gasteiger partial charge in [-0.3, -0.25) is 14.5 Å². The Balaban J connectivity index is 1.23. The van der Waals surface area contributed by atoms with Crippen LogP contribution in [0.25, 0.3) is 0 Å². The molecule has 3 heterocycles. The molecule has 1 aromatic heterocycles. The van der Waals surface area contributed by atoms with Crippen molar-refractivity contribution in [1.82, 2.24) is 10.2 Å². The minimum absolute atomic E-state index is 0.133. The molecule has 172 valence electrons. The Morgan fingerprint density at radius 1 is 1.21 bits per heavy atom. The minimum Gasteiger partial charge on any atom is -0.472 e. The van der Waals surface area contributed by atoms with Gasteiger partial charge in [-0.05, 0) is 30.3 Å². The Labute approximate surface area is 189 Å². The molecular formula is C23H23FN4O5. The van der Waals surface area contributed by atoms with E-state index in [9.17, 15) is 18.8 Å². The molecule has 5 rings (SSSR count). The fourth-order valence-electron chi connectivity index (χ4n) is 4.40. The van der Waals surface area contributed by atoms with Gasteiger partial charge in [-0.15, -0.1) is 0 Å². The lowest BCUT2D eigenvalue weighted by Gasteiger charge is -2.35. The fourth-order valence-corrected chi connectivity index (χ4v) is 4.40. The third kappa shape index (κ3) is 3.81. The van der Waals surface area contributed by atoms with Crippen molar-refractivity contribution >= 4 is 29.3 Å². The minimum atomic E-state index is -0.806. The standard InChI is InChI=1S/C23H23FN4O5/c1-2-20(29)27-8-6-26(7-9-27)18-4-3-16(11-17(18)24)28-14-23(33-22(28)31)12-19(23)25-21(30)15-5-10-32-13-15/h2-5,10-11,13,19H,1,6-9,12,14H2,(H,25,30)/t19-,23?/m0/s1. The summed E-state index contributed by atoms with van der Waals surface area (Å²) in [5.74, 6) is -0.887. The average Bonchev–Trinajstić information content (AvgIpc) is 3.16. The van der Waals surface area contributed by atoms with E-state index in [1.54, 1.807) is 23.1 Å². The Morgan fingerprint density at radius 2 is 2.00 bits per heavy atom. The van der Waals surface area contributed by atoms with Crippen molar-refractivity contribution < 1.29 is 27.9 Å². The second-order valence-corrected chi connectivity index (χ2v) is 8.41. The molecule has 1 spiro atoms. The molecule has 1 N–H and O–H groups in total. The lowest BCUT2D eigenvalue weighted by molar-refractivity contribution is -0.126. The molecule has 1 saturated carbocycles. The molecule has 1 aromatic carbocycles. The summed E-state index contributed by atoms with van der Waals surface area (Å²) in [5, 5.41) is 2.84. The number of ether oxygens (including phenoxy) is 1. The molecule has 2 aliphatic heterocycles. The van der Waals surface area contributed by atoms with E-state index in [1.807, 2.05) is 4.90 Å². The normalized spacial score (nSPS) is 24.1. The molecule has 33 heavy (non-hydrogen) atoms. The van der Waals surface area contributed by atoms with Gasteiger partial charge in [0, 0.05) is 32.6 Å². The van der Waals surface area contributed by atoms with Crippen LogP contribution in [0.1, 0.15) is 16.8 Å². The van der Waals surface area contributed by atoms with Gasteiger partial charge in [0.2, 0.25) is 5.91 Å². The summed E-state index contributed by atoms with van der Waals surface area (Å²) in [7, 11) is 0. The van der Waals surface area contributed by atoms with E-state index in [-0.39, 0.29) is 24.4 Å². The average molecular weight is 454 g/mol. The van der Waals surface area contributed by atoms with Crippen LogP contribution in [-0.2, 0) is 9.53 Å². The number of nitrogens with one attached hydrogen (secondary N) is 1. The van der Waals surface area contributed by atoms with E-state index < -0.39 is 17.5 Å². The highest BCUT2D eigenvalue weighted by Crippen LogP contribution is 2.46. The van der Waals surface area contributed by atoms with Crippen LogP contribution in [0.3, 0.4) is 0 Å². The highest BCUT2D eigenvalue weighted by molar-refractivity contribution is 5.95. The largest absolute Gasteiger partial charge is 0.472 e. The van der Waals surface area contributed by atoms with E-state index in [0.29, 0.717) is 49.5 Å². The van der Waals surface area contributed by atoms with Crippen LogP contribution < -0.4 is 15.1 Å². The van der Waals surface area contributed by atoms with E-state index in [0.717, 1.165) is 0 Å². The number of rotatable bonds is 5. The zero-order valence-electron chi connectivity index (χ0n) is 17.8. The smallest absolute Gasteiger partial charge is 0.415 e. The number of amides is 3.